The first kappa shape index (κ1) is 21.0. The lowest BCUT2D eigenvalue weighted by molar-refractivity contribution is 0.0951. The average Bonchev–Trinajstić information content (AvgIpc) is 3.28. The van der Waals surface area contributed by atoms with Crippen LogP contribution in [0.25, 0.3) is 11.3 Å². The van der Waals surface area contributed by atoms with E-state index in [1.807, 2.05) is 56.4 Å². The van der Waals surface area contributed by atoms with E-state index in [1.165, 1.54) is 0 Å². The summed E-state index contributed by atoms with van der Waals surface area (Å²) in [5.74, 6) is -0.143. The fourth-order valence-corrected chi connectivity index (χ4v) is 3.95. The Morgan fingerprint density at radius 1 is 1.13 bits per heavy atom. The lowest BCUT2D eigenvalue weighted by atomic mass is 10.0. The summed E-state index contributed by atoms with van der Waals surface area (Å²) in [5.41, 5.74) is 6.23. The molecule has 0 bridgehead atoms. The third-order valence-corrected chi connectivity index (χ3v) is 5.73. The molecule has 1 atom stereocenters. The van der Waals surface area contributed by atoms with Crippen molar-refractivity contribution >= 4 is 11.6 Å². The number of carbonyl (C=O) groups is 1. The predicted octanol–water partition coefficient (Wildman–Crippen LogP) is 3.65. The summed E-state index contributed by atoms with van der Waals surface area (Å²) in [6.45, 7) is 5.33. The summed E-state index contributed by atoms with van der Waals surface area (Å²) in [4.78, 5) is 24.0. The van der Waals surface area contributed by atoms with Crippen LogP contribution in [-0.4, -0.2) is 40.2 Å². The highest BCUT2D eigenvalue weighted by Gasteiger charge is 2.25. The van der Waals surface area contributed by atoms with Gasteiger partial charge in [0, 0.05) is 48.0 Å². The molecule has 1 unspecified atom stereocenters. The Hall–Kier alpha value is -3.25. The van der Waals surface area contributed by atoms with E-state index in [0.29, 0.717) is 12.1 Å². The van der Waals surface area contributed by atoms with Gasteiger partial charge in [0.1, 0.15) is 0 Å². The molecule has 2 aromatic heterocycles. The van der Waals surface area contributed by atoms with Crippen LogP contribution in [0.1, 0.15) is 40.0 Å². The summed E-state index contributed by atoms with van der Waals surface area (Å²) < 4.78 is 0. The quantitative estimate of drug-likeness (QED) is 0.641. The second kappa shape index (κ2) is 9.27. The molecular weight excluding hydrogens is 388 g/mol. The SMILES string of the molecule is Cc1ccc(-c2cc(C(=O)NCc3ccc(C)nc3)cc(N3CCCC3CO)c2)nc1. The minimum atomic E-state index is -0.143. The van der Waals surface area contributed by atoms with Crippen LogP contribution >= 0.6 is 0 Å². The molecule has 4 rings (SSSR count). The smallest absolute Gasteiger partial charge is 0.251 e. The molecule has 1 aromatic carbocycles. The molecular formula is C25H28N4O2. The molecule has 1 aliphatic rings. The zero-order chi connectivity index (χ0) is 21.8. The zero-order valence-electron chi connectivity index (χ0n) is 18.0. The lowest BCUT2D eigenvalue weighted by Gasteiger charge is -2.26. The van der Waals surface area contributed by atoms with Gasteiger partial charge in [-0.1, -0.05) is 12.1 Å². The van der Waals surface area contributed by atoms with E-state index >= 15 is 0 Å². The summed E-state index contributed by atoms with van der Waals surface area (Å²) in [7, 11) is 0. The van der Waals surface area contributed by atoms with Crippen molar-refractivity contribution in [1.82, 2.24) is 15.3 Å². The number of rotatable bonds is 6. The van der Waals surface area contributed by atoms with Crippen molar-refractivity contribution in [2.45, 2.75) is 39.3 Å². The molecule has 31 heavy (non-hydrogen) atoms. The van der Waals surface area contributed by atoms with Crippen LogP contribution < -0.4 is 10.2 Å². The number of aliphatic hydroxyl groups is 1. The minimum Gasteiger partial charge on any atom is -0.394 e. The number of nitrogens with zero attached hydrogens (tertiary/aromatic N) is 3. The van der Waals surface area contributed by atoms with E-state index in [9.17, 15) is 9.90 Å². The maximum atomic E-state index is 13.0. The molecule has 3 aromatic rings. The Morgan fingerprint density at radius 2 is 2.00 bits per heavy atom. The summed E-state index contributed by atoms with van der Waals surface area (Å²) in [6.07, 6.45) is 5.59. The highest BCUT2D eigenvalue weighted by atomic mass is 16.3. The number of aryl methyl sites for hydroxylation is 2. The first-order chi connectivity index (χ1) is 15.0. The zero-order valence-corrected chi connectivity index (χ0v) is 18.0. The lowest BCUT2D eigenvalue weighted by Crippen LogP contribution is -2.32. The summed E-state index contributed by atoms with van der Waals surface area (Å²) >= 11 is 0. The number of hydrogen-bond acceptors (Lipinski definition) is 5. The molecule has 6 heteroatoms. The van der Waals surface area contributed by atoms with Gasteiger partial charge in [-0.05, 0) is 68.1 Å². The number of aliphatic hydroxyl groups excluding tert-OH is 1. The fourth-order valence-electron chi connectivity index (χ4n) is 3.95. The van der Waals surface area contributed by atoms with Gasteiger partial charge in [-0.2, -0.15) is 0 Å². The number of nitrogens with one attached hydrogen (secondary N) is 1. The van der Waals surface area contributed by atoms with E-state index < -0.39 is 0 Å². The van der Waals surface area contributed by atoms with Gasteiger partial charge in [-0.3, -0.25) is 14.8 Å². The Balaban J connectivity index is 1.64. The van der Waals surface area contributed by atoms with Gasteiger partial charge in [-0.15, -0.1) is 0 Å². The van der Waals surface area contributed by atoms with Gasteiger partial charge in [0.25, 0.3) is 5.91 Å². The average molecular weight is 417 g/mol. The van der Waals surface area contributed by atoms with Gasteiger partial charge in [0.05, 0.1) is 18.3 Å². The summed E-state index contributed by atoms with van der Waals surface area (Å²) in [6, 6.07) is 13.8. The van der Waals surface area contributed by atoms with Crippen molar-refractivity contribution in [1.29, 1.82) is 0 Å². The van der Waals surface area contributed by atoms with Crippen molar-refractivity contribution in [2.75, 3.05) is 18.1 Å². The Bertz CT molecular complexity index is 1050. The van der Waals surface area contributed by atoms with Gasteiger partial charge >= 0.3 is 0 Å². The molecule has 1 amide bonds. The molecule has 1 fully saturated rings. The minimum absolute atomic E-state index is 0.0794. The second-order valence-corrected chi connectivity index (χ2v) is 8.15. The molecule has 0 saturated carbocycles. The van der Waals surface area contributed by atoms with Crippen molar-refractivity contribution < 1.29 is 9.90 Å². The number of anilines is 1. The highest BCUT2D eigenvalue weighted by Crippen LogP contribution is 2.31. The largest absolute Gasteiger partial charge is 0.394 e. The van der Waals surface area contributed by atoms with Crippen LogP contribution in [-0.2, 0) is 6.54 Å². The van der Waals surface area contributed by atoms with Crippen molar-refractivity contribution in [3.05, 3.63) is 77.2 Å². The van der Waals surface area contributed by atoms with Crippen LogP contribution in [0.5, 0.6) is 0 Å². The number of carbonyl (C=O) groups excluding carboxylic acids is 1. The number of hydrogen-bond donors (Lipinski definition) is 2. The maximum absolute atomic E-state index is 13.0. The molecule has 1 saturated heterocycles. The van der Waals surface area contributed by atoms with Gasteiger partial charge in [-0.25, -0.2) is 0 Å². The second-order valence-electron chi connectivity index (χ2n) is 8.15. The third-order valence-electron chi connectivity index (χ3n) is 5.73. The third kappa shape index (κ3) is 4.91. The molecule has 0 radical (unpaired) electrons. The Morgan fingerprint density at radius 3 is 2.71 bits per heavy atom. The molecule has 2 N–H and O–H groups in total. The predicted molar refractivity (Wildman–Crippen MR) is 122 cm³/mol. The van der Waals surface area contributed by atoms with Crippen LogP contribution in [0, 0.1) is 13.8 Å². The fraction of sp³-hybridized carbons (Fsp3) is 0.320. The molecule has 0 aliphatic carbocycles. The van der Waals surface area contributed by atoms with E-state index in [0.717, 1.165) is 53.2 Å². The van der Waals surface area contributed by atoms with Crippen molar-refractivity contribution in [2.24, 2.45) is 0 Å². The van der Waals surface area contributed by atoms with Crippen LogP contribution in [0.2, 0.25) is 0 Å². The number of benzene rings is 1. The van der Waals surface area contributed by atoms with Gasteiger partial charge in [0.15, 0.2) is 0 Å². The van der Waals surface area contributed by atoms with Crippen molar-refractivity contribution in [3.8, 4) is 11.3 Å². The standard InChI is InChI=1S/C25H28N4O2/c1-17-5-8-24(27-13-17)20-10-21(12-23(11-20)29-9-3-4-22(29)16-30)25(31)28-15-19-7-6-18(2)26-14-19/h5-8,10-14,22,30H,3-4,9,15-16H2,1-2H3,(H,28,31). The van der Waals surface area contributed by atoms with Crippen LogP contribution in [0.15, 0.2) is 54.9 Å². The topological polar surface area (TPSA) is 78.4 Å². The monoisotopic (exact) mass is 416 g/mol. The van der Waals surface area contributed by atoms with Crippen LogP contribution in [0.3, 0.4) is 0 Å². The molecule has 3 heterocycles. The first-order valence-electron chi connectivity index (χ1n) is 10.7. The van der Waals surface area contributed by atoms with E-state index in [4.69, 9.17) is 0 Å². The van der Waals surface area contributed by atoms with E-state index in [2.05, 4.69) is 26.3 Å². The molecule has 1 aliphatic heterocycles. The first-order valence-corrected chi connectivity index (χ1v) is 10.7. The summed E-state index contributed by atoms with van der Waals surface area (Å²) in [5, 5.41) is 12.8. The molecule has 6 nitrogen and oxygen atoms in total. The van der Waals surface area contributed by atoms with Crippen LogP contribution in [0.4, 0.5) is 5.69 Å². The van der Waals surface area contributed by atoms with E-state index in [1.54, 1.807) is 6.20 Å². The normalized spacial score (nSPS) is 15.8. The highest BCUT2D eigenvalue weighted by molar-refractivity contribution is 5.96. The molecule has 0 spiro atoms. The van der Waals surface area contributed by atoms with E-state index in [-0.39, 0.29) is 18.6 Å². The van der Waals surface area contributed by atoms with Gasteiger partial charge in [0.2, 0.25) is 0 Å². The van der Waals surface area contributed by atoms with Crippen molar-refractivity contribution in [3.63, 3.8) is 0 Å². The Kier molecular flexibility index (Phi) is 6.28. The number of aromatic nitrogens is 2. The molecule has 160 valence electrons. The maximum Gasteiger partial charge on any atom is 0.251 e. The Labute approximate surface area is 183 Å². The number of amides is 1. The van der Waals surface area contributed by atoms with Gasteiger partial charge < -0.3 is 15.3 Å². The number of pyridine rings is 2.